The number of carbonyl (C=O) groups excluding carboxylic acids is 3. The van der Waals surface area contributed by atoms with Crippen LogP contribution in [0.3, 0.4) is 0 Å². The molecule has 3 amide bonds. The number of fused-ring (bicyclic) bond motifs is 2. The number of anilines is 1. The molecule has 2 N–H and O–H groups in total. The number of halogens is 1. The third kappa shape index (κ3) is 6.02. The van der Waals surface area contributed by atoms with E-state index in [9.17, 15) is 18.8 Å². The SMILES string of the molecule is CC(C)C(=O)Nc1ccc2c(c1)C(=O)N(C)[C@@H]1CC[C@@H](CC(=O)NCc3cccc(F)c3)O[C@@H]1CO2. The molecule has 0 radical (unpaired) electrons. The van der Waals surface area contributed by atoms with Crippen LogP contribution in [-0.4, -0.2) is 54.5 Å². The Morgan fingerprint density at radius 3 is 2.72 bits per heavy atom. The molecule has 2 aliphatic rings. The molecule has 0 bridgehead atoms. The lowest BCUT2D eigenvalue weighted by atomic mass is 9.94. The molecule has 2 aliphatic heterocycles. The van der Waals surface area contributed by atoms with E-state index in [0.717, 1.165) is 0 Å². The van der Waals surface area contributed by atoms with Crippen LogP contribution in [-0.2, 0) is 20.9 Å². The number of ether oxygens (including phenoxy) is 2. The molecular weight excluding hydrogens is 465 g/mol. The molecule has 0 aromatic heterocycles. The Kier molecular flexibility index (Phi) is 7.88. The van der Waals surface area contributed by atoms with Crippen LogP contribution in [0.5, 0.6) is 5.75 Å². The zero-order valence-electron chi connectivity index (χ0n) is 20.8. The lowest BCUT2D eigenvalue weighted by Crippen LogP contribution is -2.53. The molecule has 9 heteroatoms. The summed E-state index contributed by atoms with van der Waals surface area (Å²) in [4.78, 5) is 39.5. The van der Waals surface area contributed by atoms with Gasteiger partial charge in [-0.15, -0.1) is 0 Å². The zero-order valence-corrected chi connectivity index (χ0v) is 20.8. The van der Waals surface area contributed by atoms with Crippen molar-refractivity contribution in [3.8, 4) is 5.75 Å². The van der Waals surface area contributed by atoms with Crippen LogP contribution in [0.1, 0.15) is 49.0 Å². The zero-order chi connectivity index (χ0) is 25.8. The Hall–Kier alpha value is -3.46. The second kappa shape index (κ2) is 11.1. The van der Waals surface area contributed by atoms with Gasteiger partial charge in [0.1, 0.15) is 24.3 Å². The smallest absolute Gasteiger partial charge is 0.257 e. The maximum Gasteiger partial charge on any atom is 0.257 e. The van der Waals surface area contributed by atoms with Crippen molar-refractivity contribution in [3.05, 3.63) is 59.4 Å². The van der Waals surface area contributed by atoms with Gasteiger partial charge in [-0.05, 0) is 48.7 Å². The summed E-state index contributed by atoms with van der Waals surface area (Å²) in [5.74, 6) is -0.626. The first kappa shape index (κ1) is 25.6. The van der Waals surface area contributed by atoms with Gasteiger partial charge in [0.25, 0.3) is 5.91 Å². The average Bonchev–Trinajstić information content (AvgIpc) is 2.85. The maximum absolute atomic E-state index is 13.3. The number of carbonyl (C=O) groups is 3. The first-order valence-electron chi connectivity index (χ1n) is 12.2. The number of hydrogen-bond donors (Lipinski definition) is 2. The second-order valence-corrected chi connectivity index (χ2v) is 9.63. The molecule has 2 aromatic carbocycles. The first-order valence-corrected chi connectivity index (χ1v) is 12.2. The Labute approximate surface area is 210 Å². The van der Waals surface area contributed by atoms with Gasteiger partial charge in [-0.1, -0.05) is 26.0 Å². The number of likely N-dealkylation sites (N-methyl/N-ethyl adjacent to an activating group) is 1. The average molecular weight is 498 g/mol. The summed E-state index contributed by atoms with van der Waals surface area (Å²) in [5, 5.41) is 5.63. The van der Waals surface area contributed by atoms with Gasteiger partial charge in [0.05, 0.1) is 24.1 Å². The number of benzene rings is 2. The fourth-order valence-corrected chi connectivity index (χ4v) is 4.52. The molecule has 2 aromatic rings. The molecule has 2 heterocycles. The van der Waals surface area contributed by atoms with Crippen molar-refractivity contribution in [2.45, 2.75) is 57.9 Å². The van der Waals surface area contributed by atoms with Gasteiger partial charge in [0.15, 0.2) is 0 Å². The van der Waals surface area contributed by atoms with E-state index in [-0.39, 0.29) is 67.3 Å². The number of rotatable bonds is 6. The lowest BCUT2D eigenvalue weighted by molar-refractivity contribution is -0.134. The largest absolute Gasteiger partial charge is 0.490 e. The molecule has 8 nitrogen and oxygen atoms in total. The summed E-state index contributed by atoms with van der Waals surface area (Å²) in [6.07, 6.45) is 0.757. The van der Waals surface area contributed by atoms with Crippen LogP contribution >= 0.6 is 0 Å². The fourth-order valence-electron chi connectivity index (χ4n) is 4.52. The fraction of sp³-hybridized carbons (Fsp3) is 0.444. The summed E-state index contributed by atoms with van der Waals surface area (Å²) in [5.41, 5.74) is 1.61. The van der Waals surface area contributed by atoms with E-state index in [1.807, 2.05) is 0 Å². The number of nitrogens with zero attached hydrogens (tertiary/aromatic N) is 1. The van der Waals surface area contributed by atoms with E-state index in [1.165, 1.54) is 12.1 Å². The first-order chi connectivity index (χ1) is 17.2. The summed E-state index contributed by atoms with van der Waals surface area (Å²) in [7, 11) is 1.74. The standard InChI is InChI=1S/C27H32FN3O5/c1-16(2)26(33)30-19-7-10-23-21(12-19)27(34)31(3)22-9-8-20(36-24(22)15-35-23)13-25(32)29-14-17-5-4-6-18(28)11-17/h4-7,10-12,16,20,22,24H,8-9,13-15H2,1-3H3,(H,29,32)(H,30,33)/t20-,22+,24+/m0/s1. The maximum atomic E-state index is 13.3. The van der Waals surface area contributed by atoms with Crippen LogP contribution in [0.2, 0.25) is 0 Å². The molecule has 0 spiro atoms. The van der Waals surface area contributed by atoms with Crippen molar-refractivity contribution in [2.75, 3.05) is 19.0 Å². The van der Waals surface area contributed by atoms with Crippen molar-refractivity contribution in [1.29, 1.82) is 0 Å². The lowest BCUT2D eigenvalue weighted by Gasteiger charge is -2.42. The number of hydrogen-bond acceptors (Lipinski definition) is 5. The van der Waals surface area contributed by atoms with Gasteiger partial charge in [-0.25, -0.2) is 4.39 Å². The van der Waals surface area contributed by atoms with Crippen LogP contribution in [0.25, 0.3) is 0 Å². The number of nitrogens with one attached hydrogen (secondary N) is 2. The summed E-state index contributed by atoms with van der Waals surface area (Å²) >= 11 is 0. The van der Waals surface area contributed by atoms with E-state index in [1.54, 1.807) is 56.1 Å². The van der Waals surface area contributed by atoms with Gasteiger partial charge >= 0.3 is 0 Å². The third-order valence-corrected chi connectivity index (χ3v) is 6.60. The Morgan fingerprint density at radius 1 is 1.17 bits per heavy atom. The third-order valence-electron chi connectivity index (χ3n) is 6.60. The monoisotopic (exact) mass is 497 g/mol. The van der Waals surface area contributed by atoms with E-state index >= 15 is 0 Å². The molecular formula is C27H32FN3O5. The van der Waals surface area contributed by atoms with E-state index < -0.39 is 0 Å². The number of amides is 3. The molecule has 0 saturated carbocycles. The van der Waals surface area contributed by atoms with E-state index in [2.05, 4.69) is 10.6 Å². The minimum Gasteiger partial charge on any atom is -0.490 e. The highest BCUT2D eigenvalue weighted by atomic mass is 19.1. The van der Waals surface area contributed by atoms with Crippen molar-refractivity contribution in [1.82, 2.24) is 10.2 Å². The predicted octanol–water partition coefficient (Wildman–Crippen LogP) is 3.51. The quantitative estimate of drug-likeness (QED) is 0.637. The topological polar surface area (TPSA) is 97.0 Å². The summed E-state index contributed by atoms with van der Waals surface area (Å²) < 4.78 is 25.5. The Bertz CT molecular complexity index is 1140. The van der Waals surface area contributed by atoms with Gasteiger partial charge in [0, 0.05) is 25.2 Å². The highest BCUT2D eigenvalue weighted by molar-refractivity contribution is 6.00. The molecule has 1 saturated heterocycles. The van der Waals surface area contributed by atoms with Crippen molar-refractivity contribution in [3.63, 3.8) is 0 Å². The van der Waals surface area contributed by atoms with Crippen LogP contribution in [0.4, 0.5) is 10.1 Å². The summed E-state index contributed by atoms with van der Waals surface area (Å²) in [6.45, 7) is 4.07. The minimum absolute atomic E-state index is 0.130. The predicted molar refractivity (Wildman–Crippen MR) is 132 cm³/mol. The van der Waals surface area contributed by atoms with Crippen LogP contribution in [0.15, 0.2) is 42.5 Å². The van der Waals surface area contributed by atoms with Gasteiger partial charge < -0.3 is 25.0 Å². The Morgan fingerprint density at radius 2 is 1.97 bits per heavy atom. The highest BCUT2D eigenvalue weighted by Gasteiger charge is 2.39. The molecule has 1 fully saturated rings. The molecule has 3 atom stereocenters. The van der Waals surface area contributed by atoms with E-state index in [4.69, 9.17) is 9.47 Å². The molecule has 192 valence electrons. The van der Waals surface area contributed by atoms with E-state index in [0.29, 0.717) is 35.4 Å². The molecule has 0 aliphatic carbocycles. The molecule has 4 rings (SSSR count). The van der Waals surface area contributed by atoms with Crippen LogP contribution in [0, 0.1) is 11.7 Å². The van der Waals surface area contributed by atoms with Crippen molar-refractivity contribution in [2.24, 2.45) is 5.92 Å². The van der Waals surface area contributed by atoms with Crippen molar-refractivity contribution >= 4 is 23.4 Å². The minimum atomic E-state index is -0.387. The van der Waals surface area contributed by atoms with Gasteiger partial charge in [-0.2, -0.15) is 0 Å². The summed E-state index contributed by atoms with van der Waals surface area (Å²) in [6, 6.07) is 10.9. The second-order valence-electron chi connectivity index (χ2n) is 9.63. The van der Waals surface area contributed by atoms with Crippen molar-refractivity contribution < 1.29 is 28.2 Å². The highest BCUT2D eigenvalue weighted by Crippen LogP contribution is 2.32. The van der Waals surface area contributed by atoms with Gasteiger partial charge in [-0.3, -0.25) is 14.4 Å². The normalized spacial score (nSPS) is 21.5. The Balaban J connectivity index is 1.38. The molecule has 36 heavy (non-hydrogen) atoms. The van der Waals surface area contributed by atoms with Crippen LogP contribution < -0.4 is 15.4 Å². The molecule has 0 unspecified atom stereocenters. The van der Waals surface area contributed by atoms with Gasteiger partial charge in [0.2, 0.25) is 11.8 Å².